The summed E-state index contributed by atoms with van der Waals surface area (Å²) in [6.07, 6.45) is 21.0. The molecule has 56 heavy (non-hydrogen) atoms. The minimum atomic E-state index is -0.00639. The van der Waals surface area contributed by atoms with E-state index in [0.29, 0.717) is 0 Å². The Morgan fingerprint density at radius 1 is 0.375 bits per heavy atom. The number of quaternary nitrogens is 2. The van der Waals surface area contributed by atoms with E-state index in [2.05, 4.69) is 143 Å². The molecule has 0 N–H and O–H groups in total. The van der Waals surface area contributed by atoms with E-state index in [-0.39, 0.29) is 10.8 Å². The molecule has 0 amide bonds. The van der Waals surface area contributed by atoms with Gasteiger partial charge in [-0.1, -0.05) is 163 Å². The van der Waals surface area contributed by atoms with Gasteiger partial charge in [0, 0.05) is 23.7 Å². The molecule has 0 aliphatic heterocycles. The second-order valence-electron chi connectivity index (χ2n) is 20.3. The van der Waals surface area contributed by atoms with Crippen LogP contribution in [-0.4, -0.2) is 64.3 Å². The molecule has 2 aliphatic carbocycles. The van der Waals surface area contributed by atoms with Crippen molar-refractivity contribution in [1.29, 1.82) is 0 Å². The van der Waals surface area contributed by atoms with Gasteiger partial charge in [-0.25, -0.2) is 0 Å². The topological polar surface area (TPSA) is 0 Å². The van der Waals surface area contributed by atoms with Crippen LogP contribution in [0.2, 0.25) is 0 Å². The molecule has 0 saturated heterocycles. The fourth-order valence-corrected chi connectivity index (χ4v) is 10.4. The first-order chi connectivity index (χ1) is 26.7. The van der Waals surface area contributed by atoms with Crippen molar-refractivity contribution in [3.8, 4) is 33.4 Å². The van der Waals surface area contributed by atoms with Gasteiger partial charge >= 0.3 is 0 Å². The van der Waals surface area contributed by atoms with Gasteiger partial charge in [0.1, 0.15) is 0 Å². The van der Waals surface area contributed by atoms with E-state index >= 15 is 0 Å². The fraction of sp³-hybridized carbons (Fsp3) is 0.556. The number of unbranched alkanes of at least 4 members (excludes halogenated alkanes) is 10. The number of rotatable bonds is 21. The summed E-state index contributed by atoms with van der Waals surface area (Å²) in [5.74, 6) is 0. The molecule has 0 unspecified atom stereocenters. The highest BCUT2D eigenvalue weighted by Gasteiger charge is 2.46. The number of hydrogen-bond acceptors (Lipinski definition) is 0. The van der Waals surface area contributed by atoms with Crippen LogP contribution in [0.5, 0.6) is 0 Å². The van der Waals surface area contributed by atoms with Crippen LogP contribution in [0.25, 0.3) is 33.4 Å². The van der Waals surface area contributed by atoms with Gasteiger partial charge in [-0.2, -0.15) is 0 Å². The van der Waals surface area contributed by atoms with Crippen LogP contribution < -0.4 is 0 Å². The number of hydrogen-bond donors (Lipinski definition) is 0. The van der Waals surface area contributed by atoms with E-state index in [9.17, 15) is 0 Å². The highest BCUT2D eigenvalue weighted by atomic mass is 15.3. The Morgan fingerprint density at radius 3 is 1.07 bits per heavy atom. The summed E-state index contributed by atoms with van der Waals surface area (Å²) in [5.41, 5.74) is 17.9. The Kier molecular flexibility index (Phi) is 13.4. The summed E-state index contributed by atoms with van der Waals surface area (Å²) in [4.78, 5) is 0. The maximum atomic E-state index is 2.67. The molecule has 4 aromatic carbocycles. The first kappa shape index (κ1) is 42.4. The summed E-state index contributed by atoms with van der Waals surface area (Å²) in [7, 11) is 14.2. The van der Waals surface area contributed by atoms with E-state index in [1.807, 2.05) is 0 Å². The summed E-state index contributed by atoms with van der Waals surface area (Å²) in [6, 6.07) is 29.9. The van der Waals surface area contributed by atoms with Crippen molar-refractivity contribution in [3.63, 3.8) is 0 Å². The Labute approximate surface area is 343 Å². The van der Waals surface area contributed by atoms with E-state index in [1.54, 1.807) is 22.3 Å². The number of benzene rings is 4. The van der Waals surface area contributed by atoms with Gasteiger partial charge < -0.3 is 8.97 Å². The average Bonchev–Trinajstić information content (AvgIpc) is 3.57. The molecule has 0 fully saturated rings. The van der Waals surface area contributed by atoms with Crippen LogP contribution in [0.3, 0.4) is 0 Å². The van der Waals surface area contributed by atoms with Gasteiger partial charge in [0.15, 0.2) is 0 Å². The zero-order valence-electron chi connectivity index (χ0n) is 37.6. The van der Waals surface area contributed by atoms with Crippen LogP contribution in [0.15, 0.2) is 72.8 Å². The molecule has 2 nitrogen and oxygen atoms in total. The van der Waals surface area contributed by atoms with Gasteiger partial charge in [0.2, 0.25) is 0 Å². The summed E-state index contributed by atoms with van der Waals surface area (Å²) >= 11 is 0. The van der Waals surface area contributed by atoms with Crippen LogP contribution in [0, 0.1) is 13.8 Å². The number of aryl methyl sites for hydroxylation is 2. The van der Waals surface area contributed by atoms with Gasteiger partial charge in [-0.3, -0.25) is 0 Å². The lowest BCUT2D eigenvalue weighted by atomic mass is 9.70. The molecule has 0 aromatic heterocycles. The Morgan fingerprint density at radius 2 is 0.696 bits per heavy atom. The van der Waals surface area contributed by atoms with Crippen molar-refractivity contribution >= 4 is 0 Å². The molecule has 6 rings (SSSR count). The van der Waals surface area contributed by atoms with E-state index in [1.165, 1.54) is 134 Å². The lowest BCUT2D eigenvalue weighted by Crippen LogP contribution is -2.43. The lowest BCUT2D eigenvalue weighted by molar-refractivity contribution is -0.873. The van der Waals surface area contributed by atoms with E-state index in [0.717, 1.165) is 34.9 Å². The maximum absolute atomic E-state index is 2.67. The third kappa shape index (κ3) is 9.23. The second-order valence-corrected chi connectivity index (χ2v) is 20.3. The van der Waals surface area contributed by atoms with Crippen molar-refractivity contribution in [2.24, 2.45) is 0 Å². The quantitative estimate of drug-likeness (QED) is 0.0587. The zero-order valence-corrected chi connectivity index (χ0v) is 37.6. The van der Waals surface area contributed by atoms with Gasteiger partial charge in [0.05, 0.1) is 55.4 Å². The van der Waals surface area contributed by atoms with Crippen molar-refractivity contribution in [3.05, 3.63) is 106 Å². The minimum absolute atomic E-state index is 0.00639. The fourth-order valence-electron chi connectivity index (χ4n) is 10.4. The van der Waals surface area contributed by atoms with Crippen molar-refractivity contribution in [2.45, 2.75) is 141 Å². The summed E-state index contributed by atoms with van der Waals surface area (Å²) < 4.78 is 1.96. The number of nitrogens with zero attached hydrogens (tertiary/aromatic N) is 2. The molecular weight excluding hydrogens is 677 g/mol. The van der Waals surface area contributed by atoms with Crippen LogP contribution in [0.4, 0.5) is 0 Å². The molecule has 0 heterocycles. The molecular formula is C54H78N2+2. The summed E-state index contributed by atoms with van der Waals surface area (Å²) in [5, 5.41) is 0. The molecule has 2 heteroatoms. The molecule has 0 saturated carbocycles. The average molecular weight is 755 g/mol. The largest absolute Gasteiger partial charge is 0.331 e. The van der Waals surface area contributed by atoms with Crippen molar-refractivity contribution in [2.75, 3.05) is 55.4 Å². The van der Waals surface area contributed by atoms with E-state index < -0.39 is 0 Å². The molecule has 0 radical (unpaired) electrons. The maximum Gasteiger partial charge on any atom is 0.0792 e. The molecule has 302 valence electrons. The summed E-state index contributed by atoms with van der Waals surface area (Å²) in [6.45, 7) is 11.5. The second kappa shape index (κ2) is 17.7. The molecule has 0 spiro atoms. The van der Waals surface area contributed by atoms with Crippen LogP contribution in [-0.2, 0) is 10.8 Å². The molecule has 0 atom stereocenters. The third-order valence-electron chi connectivity index (χ3n) is 13.7. The smallest absolute Gasteiger partial charge is 0.0792 e. The lowest BCUT2D eigenvalue weighted by Gasteiger charge is -2.38. The standard InChI is InChI=1S/C54H78N2/c1-11-13-15-17-19-21-31-53(32-22-20-18-16-14-12-2)49-37-41(3)23-27-45(49)47-29-25-43(39-51(47)53)44-26-30-48-46-28-24-42(4)38-50(46)54(52(48)40-44,33-35-55(5,6)7)34-36-56(8,9)10/h23-30,37-40H,11-22,31-36H2,1-10H3/q+2. The molecule has 2 aliphatic rings. The van der Waals surface area contributed by atoms with Crippen molar-refractivity contribution in [1.82, 2.24) is 0 Å². The molecule has 4 aromatic rings. The SMILES string of the molecule is CCCCCCCCC1(CCCCCCCC)c2cc(C)ccc2-c2ccc(-c3ccc4c(c3)C(CC[N+](C)(C)C)(CC[N+](C)(C)C)c3cc(C)ccc3-4)cc21. The Hall–Kier alpha value is -3.20. The third-order valence-corrected chi connectivity index (χ3v) is 13.7. The van der Waals surface area contributed by atoms with Crippen molar-refractivity contribution < 1.29 is 8.97 Å². The monoisotopic (exact) mass is 755 g/mol. The normalized spacial score (nSPS) is 15.1. The first-order valence-corrected chi connectivity index (χ1v) is 22.8. The molecule has 0 bridgehead atoms. The van der Waals surface area contributed by atoms with Crippen LogP contribution >= 0.6 is 0 Å². The van der Waals surface area contributed by atoms with Crippen LogP contribution in [0.1, 0.15) is 150 Å². The Balaban J connectivity index is 1.45. The Bertz CT molecular complexity index is 1900. The zero-order chi connectivity index (χ0) is 40.1. The van der Waals surface area contributed by atoms with E-state index in [4.69, 9.17) is 0 Å². The highest BCUT2D eigenvalue weighted by molar-refractivity contribution is 5.87. The first-order valence-electron chi connectivity index (χ1n) is 22.8. The van der Waals surface area contributed by atoms with Gasteiger partial charge in [-0.05, 0) is 94.5 Å². The minimum Gasteiger partial charge on any atom is -0.331 e. The predicted molar refractivity (Wildman–Crippen MR) is 245 cm³/mol. The number of fused-ring (bicyclic) bond motifs is 6. The van der Waals surface area contributed by atoms with Gasteiger partial charge in [-0.15, -0.1) is 0 Å². The van der Waals surface area contributed by atoms with Gasteiger partial charge in [0.25, 0.3) is 0 Å². The predicted octanol–water partition coefficient (Wildman–Crippen LogP) is 14.2. The highest BCUT2D eigenvalue weighted by Crippen LogP contribution is 2.57.